The van der Waals surface area contributed by atoms with E-state index in [2.05, 4.69) is 10.00 Å². The average Bonchev–Trinajstić information content (AvgIpc) is 3.04. The van der Waals surface area contributed by atoms with Crippen LogP contribution in [0, 0.1) is 0 Å². The summed E-state index contributed by atoms with van der Waals surface area (Å²) in [6.45, 7) is 2.29. The Morgan fingerprint density at radius 2 is 2.42 bits per heavy atom. The molecule has 2 unspecified atom stereocenters. The Kier molecular flexibility index (Phi) is 4.79. The quantitative estimate of drug-likeness (QED) is 0.822. The van der Waals surface area contributed by atoms with Gasteiger partial charge >= 0.3 is 0 Å². The van der Waals surface area contributed by atoms with Gasteiger partial charge in [-0.3, -0.25) is 4.68 Å². The molecule has 1 aliphatic heterocycles. The fourth-order valence-corrected chi connectivity index (χ4v) is 2.33. The van der Waals surface area contributed by atoms with E-state index in [-0.39, 0.29) is 6.10 Å². The Labute approximate surface area is 113 Å². The van der Waals surface area contributed by atoms with Crippen LogP contribution < -0.4 is 4.74 Å². The van der Waals surface area contributed by atoms with Gasteiger partial charge in [-0.15, -0.1) is 0 Å². The highest BCUT2D eigenvalue weighted by atomic mass is 16.5. The molecule has 1 saturated heterocycles. The second kappa shape index (κ2) is 6.36. The van der Waals surface area contributed by atoms with Gasteiger partial charge in [0.1, 0.15) is 11.8 Å². The fraction of sp³-hybridized carbons (Fsp3) is 0.769. The first-order chi connectivity index (χ1) is 9.13. The summed E-state index contributed by atoms with van der Waals surface area (Å²) in [7, 11) is 5.62. The zero-order valence-corrected chi connectivity index (χ0v) is 11.9. The lowest BCUT2D eigenvalue weighted by molar-refractivity contribution is -0.00818. The first-order valence-electron chi connectivity index (χ1n) is 6.67. The van der Waals surface area contributed by atoms with Crippen LogP contribution in [0.2, 0.25) is 0 Å². The summed E-state index contributed by atoms with van der Waals surface area (Å²) in [5.41, 5.74) is 0.719. The van der Waals surface area contributed by atoms with Gasteiger partial charge in [0.05, 0.1) is 26.0 Å². The summed E-state index contributed by atoms with van der Waals surface area (Å²) in [4.78, 5) is 2.08. The molecule has 6 nitrogen and oxygen atoms in total. The molecule has 1 fully saturated rings. The summed E-state index contributed by atoms with van der Waals surface area (Å²) in [6.07, 6.45) is 2.70. The summed E-state index contributed by atoms with van der Waals surface area (Å²) < 4.78 is 12.7. The lowest BCUT2D eigenvalue weighted by Crippen LogP contribution is -2.25. The molecule has 1 N–H and O–H groups in total. The molecule has 0 spiro atoms. The van der Waals surface area contributed by atoms with Crippen molar-refractivity contribution in [1.29, 1.82) is 0 Å². The average molecular weight is 269 g/mol. The van der Waals surface area contributed by atoms with Gasteiger partial charge in [-0.1, -0.05) is 0 Å². The zero-order chi connectivity index (χ0) is 13.8. The van der Waals surface area contributed by atoms with Crippen LogP contribution in [0.25, 0.3) is 0 Å². The molecule has 0 amide bonds. The van der Waals surface area contributed by atoms with Gasteiger partial charge in [0, 0.05) is 13.2 Å². The molecule has 2 atom stereocenters. The molecule has 1 aliphatic rings. The number of rotatable bonds is 6. The van der Waals surface area contributed by atoms with E-state index in [0.29, 0.717) is 5.75 Å². The van der Waals surface area contributed by atoms with Crippen LogP contribution in [0.15, 0.2) is 6.20 Å². The molecule has 1 aromatic heterocycles. The van der Waals surface area contributed by atoms with E-state index >= 15 is 0 Å². The lowest BCUT2D eigenvalue weighted by Gasteiger charge is -2.20. The molecule has 2 rings (SSSR count). The minimum absolute atomic E-state index is 0.149. The molecule has 0 saturated carbocycles. The predicted octanol–water partition coefficient (Wildman–Crippen LogP) is 0.666. The smallest absolute Gasteiger partial charge is 0.162 e. The van der Waals surface area contributed by atoms with Crippen LogP contribution in [-0.2, 0) is 11.3 Å². The zero-order valence-electron chi connectivity index (χ0n) is 11.9. The van der Waals surface area contributed by atoms with Crippen molar-refractivity contribution >= 4 is 0 Å². The van der Waals surface area contributed by atoms with E-state index in [1.807, 2.05) is 18.8 Å². The van der Waals surface area contributed by atoms with Crippen molar-refractivity contribution in [2.75, 3.05) is 34.4 Å². The van der Waals surface area contributed by atoms with Crippen molar-refractivity contribution in [3.63, 3.8) is 0 Å². The van der Waals surface area contributed by atoms with Gasteiger partial charge in [0.15, 0.2) is 5.75 Å². The van der Waals surface area contributed by atoms with Gasteiger partial charge in [0.25, 0.3) is 0 Å². The Hall–Kier alpha value is -1.11. The molecule has 0 aliphatic carbocycles. The molecule has 0 radical (unpaired) electrons. The third kappa shape index (κ3) is 3.26. The van der Waals surface area contributed by atoms with Gasteiger partial charge in [-0.25, -0.2) is 0 Å². The number of nitrogens with zero attached hydrogens (tertiary/aromatic N) is 3. The summed E-state index contributed by atoms with van der Waals surface area (Å²) in [5, 5.41) is 14.8. The maximum absolute atomic E-state index is 10.5. The molecule has 0 aromatic carbocycles. The first kappa shape index (κ1) is 14.3. The van der Waals surface area contributed by atoms with E-state index in [0.717, 1.165) is 38.2 Å². The maximum atomic E-state index is 10.5. The van der Waals surface area contributed by atoms with E-state index < -0.39 is 6.10 Å². The topological polar surface area (TPSA) is 59.8 Å². The highest BCUT2D eigenvalue weighted by Crippen LogP contribution is 2.32. The SMILES string of the molecule is COc1cnn(CCN(C)C)c1C(O)C1CCCO1. The number of aliphatic hydroxyl groups is 1. The van der Waals surface area contributed by atoms with Crippen LogP contribution >= 0.6 is 0 Å². The normalized spacial score (nSPS) is 21.0. The third-order valence-electron chi connectivity index (χ3n) is 3.42. The van der Waals surface area contributed by atoms with E-state index in [4.69, 9.17) is 9.47 Å². The van der Waals surface area contributed by atoms with Crippen molar-refractivity contribution in [3.8, 4) is 5.75 Å². The minimum atomic E-state index is -0.679. The number of hydrogen-bond acceptors (Lipinski definition) is 5. The Morgan fingerprint density at radius 1 is 1.63 bits per heavy atom. The summed E-state index contributed by atoms with van der Waals surface area (Å²) in [5.74, 6) is 0.627. The molecular weight excluding hydrogens is 246 g/mol. The van der Waals surface area contributed by atoms with Crippen LogP contribution in [0.4, 0.5) is 0 Å². The highest BCUT2D eigenvalue weighted by molar-refractivity contribution is 5.28. The number of methoxy groups -OCH3 is 1. The first-order valence-corrected chi connectivity index (χ1v) is 6.67. The molecule has 6 heteroatoms. The van der Waals surface area contributed by atoms with Crippen LogP contribution in [0.5, 0.6) is 5.75 Å². The van der Waals surface area contributed by atoms with Gasteiger partial charge in [-0.05, 0) is 26.9 Å². The van der Waals surface area contributed by atoms with E-state index in [1.54, 1.807) is 13.3 Å². The van der Waals surface area contributed by atoms with Crippen LogP contribution in [0.1, 0.15) is 24.6 Å². The van der Waals surface area contributed by atoms with Crippen molar-refractivity contribution < 1.29 is 14.6 Å². The third-order valence-corrected chi connectivity index (χ3v) is 3.42. The minimum Gasteiger partial charge on any atom is -0.493 e. The largest absolute Gasteiger partial charge is 0.493 e. The predicted molar refractivity (Wildman–Crippen MR) is 71.3 cm³/mol. The van der Waals surface area contributed by atoms with Crippen molar-refractivity contribution in [2.45, 2.75) is 31.6 Å². The van der Waals surface area contributed by atoms with Crippen molar-refractivity contribution in [3.05, 3.63) is 11.9 Å². The molecule has 0 bridgehead atoms. The standard InChI is InChI=1S/C13H23N3O3/c1-15(2)6-7-16-12(11(18-3)9-14-16)13(17)10-5-4-8-19-10/h9-10,13,17H,4-8H2,1-3H3. The maximum Gasteiger partial charge on any atom is 0.162 e. The van der Waals surface area contributed by atoms with Gasteiger partial charge in [0.2, 0.25) is 0 Å². The van der Waals surface area contributed by atoms with Crippen LogP contribution in [-0.4, -0.2) is 60.2 Å². The number of hydrogen-bond donors (Lipinski definition) is 1. The second-order valence-electron chi connectivity index (χ2n) is 5.12. The number of aromatic nitrogens is 2. The van der Waals surface area contributed by atoms with Crippen LogP contribution in [0.3, 0.4) is 0 Å². The van der Waals surface area contributed by atoms with Crippen molar-refractivity contribution in [2.24, 2.45) is 0 Å². The van der Waals surface area contributed by atoms with Gasteiger partial charge < -0.3 is 19.5 Å². The van der Waals surface area contributed by atoms with Crippen molar-refractivity contribution in [1.82, 2.24) is 14.7 Å². The number of ether oxygens (including phenoxy) is 2. The Balaban J connectivity index is 2.17. The monoisotopic (exact) mass is 269 g/mol. The molecule has 19 heavy (non-hydrogen) atoms. The molecule has 108 valence electrons. The van der Waals surface area contributed by atoms with Gasteiger partial charge in [-0.2, -0.15) is 5.10 Å². The molecule has 1 aromatic rings. The Morgan fingerprint density at radius 3 is 3.00 bits per heavy atom. The number of likely N-dealkylation sites (N-methyl/N-ethyl adjacent to an activating group) is 1. The summed E-state index contributed by atoms with van der Waals surface area (Å²) >= 11 is 0. The van der Waals surface area contributed by atoms with E-state index in [9.17, 15) is 5.11 Å². The molecular formula is C13H23N3O3. The fourth-order valence-electron chi connectivity index (χ4n) is 2.33. The molecule has 2 heterocycles. The summed E-state index contributed by atoms with van der Waals surface area (Å²) in [6, 6.07) is 0. The highest BCUT2D eigenvalue weighted by Gasteiger charge is 2.30. The lowest BCUT2D eigenvalue weighted by atomic mass is 10.1. The van der Waals surface area contributed by atoms with E-state index in [1.165, 1.54) is 0 Å². The Bertz CT molecular complexity index is 400. The number of aliphatic hydroxyl groups excluding tert-OH is 1. The second-order valence-corrected chi connectivity index (χ2v) is 5.12.